The number of benzene rings is 2. The van der Waals surface area contributed by atoms with Crippen LogP contribution in [0, 0.1) is 11.6 Å². The molecule has 1 atom stereocenters. The number of rotatable bonds is 2. The summed E-state index contributed by atoms with van der Waals surface area (Å²) in [6, 6.07) is 9.33. The fraction of sp³-hybridized carbons (Fsp3) is 0.0769. The second-order valence-corrected chi connectivity index (χ2v) is 5.86. The van der Waals surface area contributed by atoms with Crippen molar-refractivity contribution in [2.24, 2.45) is 0 Å². The Hall–Kier alpha value is -0.450. The number of hydrogen-bond donors (Lipinski definition) is 0. The summed E-state index contributed by atoms with van der Waals surface area (Å²) in [6.07, 6.45) is 0. The van der Waals surface area contributed by atoms with Crippen molar-refractivity contribution in [1.29, 1.82) is 0 Å². The molecule has 5 heteroatoms. The molecule has 2 aromatic rings. The second-order valence-electron chi connectivity index (χ2n) is 3.68. The molecule has 0 nitrogen and oxygen atoms in total. The Bertz CT molecular complexity index is 587. The van der Waals surface area contributed by atoms with Crippen LogP contribution in [0.4, 0.5) is 8.78 Å². The molecule has 0 fully saturated rings. The summed E-state index contributed by atoms with van der Waals surface area (Å²) in [5.74, 6) is -0.827. The van der Waals surface area contributed by atoms with Gasteiger partial charge in [-0.1, -0.05) is 45.7 Å². The predicted octanol–water partition coefficient (Wildman–Crippen LogP) is 5.87. The van der Waals surface area contributed by atoms with Gasteiger partial charge in [0.2, 0.25) is 0 Å². The van der Waals surface area contributed by atoms with Crippen molar-refractivity contribution < 1.29 is 8.78 Å². The Kier molecular flexibility index (Phi) is 4.41. The van der Waals surface area contributed by atoms with E-state index in [2.05, 4.69) is 31.9 Å². The maximum atomic E-state index is 13.9. The number of hydrogen-bond acceptors (Lipinski definition) is 0. The van der Waals surface area contributed by atoms with Gasteiger partial charge in [0.25, 0.3) is 0 Å². The van der Waals surface area contributed by atoms with Crippen LogP contribution < -0.4 is 0 Å². The lowest BCUT2D eigenvalue weighted by atomic mass is 10.0. The molecule has 2 rings (SSSR count). The fourth-order valence-corrected chi connectivity index (χ4v) is 2.78. The average Bonchev–Trinajstić information content (AvgIpc) is 2.35. The third-order valence-electron chi connectivity index (χ3n) is 2.49. The lowest BCUT2D eigenvalue weighted by molar-refractivity contribution is 0.612. The monoisotopic (exact) mass is 394 g/mol. The van der Waals surface area contributed by atoms with Crippen molar-refractivity contribution in [3.05, 3.63) is 68.7 Å². The highest BCUT2D eigenvalue weighted by molar-refractivity contribution is 9.10. The summed E-state index contributed by atoms with van der Waals surface area (Å²) in [5.41, 5.74) is 1.16. The standard InChI is InChI=1S/C13H7Br2ClF2/c14-9-6-7(4-5-11(9)17)12(15)8-2-1-3-10(16)13(8)18/h1-6,12H. The molecule has 0 amide bonds. The predicted molar refractivity (Wildman–Crippen MR) is 76.3 cm³/mol. The van der Waals surface area contributed by atoms with Gasteiger partial charge >= 0.3 is 0 Å². The highest BCUT2D eigenvalue weighted by Crippen LogP contribution is 2.35. The van der Waals surface area contributed by atoms with Crippen molar-refractivity contribution in [2.75, 3.05) is 0 Å². The van der Waals surface area contributed by atoms with E-state index in [0.29, 0.717) is 10.0 Å². The first kappa shape index (κ1) is 14.0. The highest BCUT2D eigenvalue weighted by atomic mass is 79.9. The van der Waals surface area contributed by atoms with Gasteiger partial charge < -0.3 is 0 Å². The lowest BCUT2D eigenvalue weighted by Gasteiger charge is -2.13. The number of halogens is 5. The van der Waals surface area contributed by atoms with Gasteiger partial charge in [-0.2, -0.15) is 0 Å². The maximum absolute atomic E-state index is 13.9. The third-order valence-corrected chi connectivity index (χ3v) is 4.41. The van der Waals surface area contributed by atoms with Gasteiger partial charge in [0, 0.05) is 5.56 Å². The Balaban J connectivity index is 2.44. The topological polar surface area (TPSA) is 0 Å². The van der Waals surface area contributed by atoms with E-state index in [1.807, 2.05) is 0 Å². The zero-order valence-electron chi connectivity index (χ0n) is 8.93. The molecule has 1 unspecified atom stereocenters. The Morgan fingerprint density at radius 2 is 1.83 bits per heavy atom. The van der Waals surface area contributed by atoms with E-state index in [1.165, 1.54) is 12.1 Å². The molecule has 18 heavy (non-hydrogen) atoms. The van der Waals surface area contributed by atoms with Crippen LogP contribution in [-0.4, -0.2) is 0 Å². The van der Waals surface area contributed by atoms with Crippen LogP contribution in [0.15, 0.2) is 40.9 Å². The van der Waals surface area contributed by atoms with Crippen LogP contribution >= 0.6 is 43.5 Å². The van der Waals surface area contributed by atoms with Gasteiger partial charge in [0.15, 0.2) is 0 Å². The van der Waals surface area contributed by atoms with E-state index >= 15 is 0 Å². The minimum absolute atomic E-state index is 0.0677. The van der Waals surface area contributed by atoms with Crippen molar-refractivity contribution >= 4 is 43.5 Å². The van der Waals surface area contributed by atoms with Gasteiger partial charge in [0.05, 0.1) is 14.3 Å². The molecule has 0 saturated carbocycles. The minimum atomic E-state index is -0.471. The first-order valence-electron chi connectivity index (χ1n) is 5.03. The van der Waals surface area contributed by atoms with Gasteiger partial charge in [-0.05, 0) is 39.7 Å². The second kappa shape index (κ2) is 5.68. The van der Waals surface area contributed by atoms with Crippen molar-refractivity contribution in [2.45, 2.75) is 4.83 Å². The summed E-state index contributed by atoms with van der Waals surface area (Å²) < 4.78 is 27.4. The van der Waals surface area contributed by atoms with Crippen molar-refractivity contribution in [3.63, 3.8) is 0 Å². The molecule has 0 aliphatic rings. The van der Waals surface area contributed by atoms with Gasteiger partial charge in [-0.25, -0.2) is 8.78 Å². The van der Waals surface area contributed by atoms with Crippen molar-refractivity contribution in [3.8, 4) is 0 Å². The van der Waals surface area contributed by atoms with Crippen LogP contribution in [0.1, 0.15) is 16.0 Å². The normalized spacial score (nSPS) is 12.5. The molecule has 0 aliphatic heterocycles. The lowest BCUT2D eigenvalue weighted by Crippen LogP contribution is -1.97. The molecule has 0 bridgehead atoms. The molecular weight excluding hydrogens is 389 g/mol. The van der Waals surface area contributed by atoms with Gasteiger partial charge in [-0.15, -0.1) is 0 Å². The Labute approximate surface area is 125 Å². The average molecular weight is 396 g/mol. The zero-order valence-corrected chi connectivity index (χ0v) is 12.9. The Morgan fingerprint density at radius 1 is 1.11 bits per heavy atom. The molecule has 0 spiro atoms. The molecule has 0 aliphatic carbocycles. The van der Waals surface area contributed by atoms with E-state index < -0.39 is 5.82 Å². The van der Waals surface area contributed by atoms with E-state index in [1.54, 1.807) is 24.3 Å². The Morgan fingerprint density at radius 3 is 2.50 bits per heavy atom. The van der Waals surface area contributed by atoms with E-state index in [4.69, 9.17) is 11.6 Å². The van der Waals surface area contributed by atoms with Crippen LogP contribution in [0.5, 0.6) is 0 Å². The first-order chi connectivity index (χ1) is 8.50. The molecule has 0 saturated heterocycles. The van der Waals surface area contributed by atoms with E-state index in [0.717, 1.165) is 5.56 Å². The van der Waals surface area contributed by atoms with Crippen LogP contribution in [0.2, 0.25) is 5.02 Å². The highest BCUT2D eigenvalue weighted by Gasteiger charge is 2.17. The van der Waals surface area contributed by atoms with Gasteiger partial charge in [-0.3, -0.25) is 0 Å². The smallest absolute Gasteiger partial charge is 0.146 e. The third kappa shape index (κ3) is 2.76. The summed E-state index contributed by atoms with van der Waals surface area (Å²) in [7, 11) is 0. The summed E-state index contributed by atoms with van der Waals surface area (Å²) in [4.78, 5) is -0.381. The molecule has 94 valence electrons. The van der Waals surface area contributed by atoms with E-state index in [9.17, 15) is 8.78 Å². The van der Waals surface area contributed by atoms with Gasteiger partial charge in [0.1, 0.15) is 11.6 Å². The van der Waals surface area contributed by atoms with Crippen LogP contribution in [0.3, 0.4) is 0 Å². The van der Waals surface area contributed by atoms with Crippen molar-refractivity contribution in [1.82, 2.24) is 0 Å². The SMILES string of the molecule is Fc1ccc(C(Br)c2cccc(Cl)c2F)cc1Br. The molecule has 0 heterocycles. The van der Waals surface area contributed by atoms with Crippen LogP contribution in [-0.2, 0) is 0 Å². The quantitative estimate of drug-likeness (QED) is 0.558. The molecule has 0 aromatic heterocycles. The molecule has 0 radical (unpaired) electrons. The molecule has 2 aromatic carbocycles. The minimum Gasteiger partial charge on any atom is -0.206 e. The fourth-order valence-electron chi connectivity index (χ4n) is 1.57. The largest absolute Gasteiger partial charge is 0.206 e. The summed E-state index contributed by atoms with van der Waals surface area (Å²) in [6.45, 7) is 0. The first-order valence-corrected chi connectivity index (χ1v) is 7.12. The molecule has 0 N–H and O–H groups in total. The van der Waals surface area contributed by atoms with E-state index in [-0.39, 0.29) is 15.7 Å². The maximum Gasteiger partial charge on any atom is 0.146 e. The zero-order chi connectivity index (χ0) is 13.3. The number of alkyl halides is 1. The summed E-state index contributed by atoms with van der Waals surface area (Å²) in [5, 5.41) is 0.0677. The summed E-state index contributed by atoms with van der Waals surface area (Å²) >= 11 is 12.2. The van der Waals surface area contributed by atoms with Crippen LogP contribution in [0.25, 0.3) is 0 Å². The molecular formula is C13H7Br2ClF2.